The van der Waals surface area contributed by atoms with E-state index in [1.165, 1.54) is 57.3 Å². The topological polar surface area (TPSA) is 15.3 Å². The van der Waals surface area contributed by atoms with Crippen molar-refractivity contribution in [3.63, 3.8) is 0 Å². The van der Waals surface area contributed by atoms with Crippen molar-refractivity contribution >= 4 is 0 Å². The highest BCUT2D eigenvalue weighted by atomic mass is 15.2. The Morgan fingerprint density at radius 3 is 2.60 bits per heavy atom. The number of likely N-dealkylation sites (tertiary alicyclic amines) is 1. The van der Waals surface area contributed by atoms with Crippen LogP contribution in [0.5, 0.6) is 0 Å². The van der Waals surface area contributed by atoms with E-state index in [9.17, 15) is 0 Å². The van der Waals surface area contributed by atoms with Gasteiger partial charge in [-0.2, -0.15) is 0 Å². The molecule has 1 saturated carbocycles. The number of hydrogen-bond donors (Lipinski definition) is 1. The van der Waals surface area contributed by atoms with Gasteiger partial charge < -0.3 is 10.2 Å². The van der Waals surface area contributed by atoms with Gasteiger partial charge in [-0.15, -0.1) is 0 Å². The molecule has 2 unspecified atom stereocenters. The van der Waals surface area contributed by atoms with Gasteiger partial charge in [0.15, 0.2) is 0 Å². The normalized spacial score (nSPS) is 30.4. The zero-order valence-electron chi connectivity index (χ0n) is 12.8. The Kier molecular flexibility index (Phi) is 4.42. The predicted octanol–water partition coefficient (Wildman–Crippen LogP) is 3.40. The molecule has 1 aromatic rings. The Hall–Kier alpha value is -0.860. The number of piperidine rings is 1. The summed E-state index contributed by atoms with van der Waals surface area (Å²) in [6, 6.07) is 11.0. The van der Waals surface area contributed by atoms with Crippen molar-refractivity contribution in [2.24, 2.45) is 0 Å². The molecule has 20 heavy (non-hydrogen) atoms. The van der Waals surface area contributed by atoms with Crippen molar-refractivity contribution in [3.05, 3.63) is 35.9 Å². The van der Waals surface area contributed by atoms with Gasteiger partial charge in [-0.25, -0.2) is 0 Å². The molecule has 1 saturated heterocycles. The Labute approximate surface area is 123 Å². The number of nitrogens with one attached hydrogen (secondary N) is 1. The summed E-state index contributed by atoms with van der Waals surface area (Å²) in [6.07, 6.45) is 6.77. The molecule has 2 aliphatic rings. The monoisotopic (exact) mass is 272 g/mol. The first-order valence-electron chi connectivity index (χ1n) is 8.36. The maximum Gasteiger partial charge on any atom is 0.0255 e. The molecule has 0 amide bonds. The molecular formula is C18H28N2. The van der Waals surface area contributed by atoms with E-state index in [2.05, 4.69) is 47.5 Å². The van der Waals surface area contributed by atoms with Crippen LogP contribution in [0.25, 0.3) is 0 Å². The van der Waals surface area contributed by atoms with Crippen molar-refractivity contribution in [2.75, 3.05) is 26.2 Å². The van der Waals surface area contributed by atoms with Gasteiger partial charge in [-0.1, -0.05) is 43.7 Å². The Morgan fingerprint density at radius 2 is 1.90 bits per heavy atom. The van der Waals surface area contributed by atoms with E-state index in [0.29, 0.717) is 5.54 Å². The fourth-order valence-electron chi connectivity index (χ4n) is 3.78. The molecule has 2 atom stereocenters. The van der Waals surface area contributed by atoms with E-state index in [1.54, 1.807) is 0 Å². The summed E-state index contributed by atoms with van der Waals surface area (Å²) in [5.74, 6) is 0.732. The lowest BCUT2D eigenvalue weighted by molar-refractivity contribution is 0.224. The second kappa shape index (κ2) is 6.28. The first kappa shape index (κ1) is 14.1. The molecule has 3 rings (SSSR count). The van der Waals surface area contributed by atoms with Crippen LogP contribution in [0, 0.1) is 0 Å². The van der Waals surface area contributed by atoms with Gasteiger partial charge in [0, 0.05) is 24.5 Å². The number of nitrogens with zero attached hydrogens (tertiary/aromatic N) is 1. The Morgan fingerprint density at radius 1 is 1.15 bits per heavy atom. The lowest BCUT2D eigenvalue weighted by Crippen LogP contribution is -2.40. The van der Waals surface area contributed by atoms with Gasteiger partial charge >= 0.3 is 0 Å². The quantitative estimate of drug-likeness (QED) is 0.854. The van der Waals surface area contributed by atoms with Crippen LogP contribution in [0.2, 0.25) is 0 Å². The van der Waals surface area contributed by atoms with Crippen LogP contribution in [0.15, 0.2) is 30.3 Å². The van der Waals surface area contributed by atoms with Crippen LogP contribution in [-0.2, 0) is 0 Å². The van der Waals surface area contributed by atoms with Gasteiger partial charge in [0.2, 0.25) is 0 Å². The SMILES string of the molecule is CCC1(NCCN2CCCCC2)CC1c1ccccc1. The molecule has 1 N–H and O–H groups in total. The Bertz CT molecular complexity index is 411. The molecule has 110 valence electrons. The summed E-state index contributed by atoms with van der Waals surface area (Å²) in [5.41, 5.74) is 1.90. The first-order chi connectivity index (χ1) is 9.84. The van der Waals surface area contributed by atoms with Crippen molar-refractivity contribution in [3.8, 4) is 0 Å². The van der Waals surface area contributed by atoms with Crippen LogP contribution in [0.3, 0.4) is 0 Å². The van der Waals surface area contributed by atoms with Crippen LogP contribution in [-0.4, -0.2) is 36.6 Å². The minimum Gasteiger partial charge on any atom is -0.309 e. The number of benzene rings is 1. The second-order valence-corrected chi connectivity index (χ2v) is 6.51. The molecular weight excluding hydrogens is 244 g/mol. The van der Waals surface area contributed by atoms with Crippen LogP contribution in [0.4, 0.5) is 0 Å². The Balaban J connectivity index is 1.48. The zero-order valence-corrected chi connectivity index (χ0v) is 12.8. The van der Waals surface area contributed by atoms with Crippen molar-refractivity contribution in [1.82, 2.24) is 10.2 Å². The number of hydrogen-bond acceptors (Lipinski definition) is 2. The van der Waals surface area contributed by atoms with Crippen LogP contribution in [0.1, 0.15) is 50.5 Å². The summed E-state index contributed by atoms with van der Waals surface area (Å²) in [4.78, 5) is 2.62. The standard InChI is InChI=1S/C18H28N2/c1-2-18(15-17(18)16-9-5-3-6-10-16)19-11-14-20-12-7-4-8-13-20/h3,5-6,9-10,17,19H,2,4,7-8,11-15H2,1H3. The van der Waals surface area contributed by atoms with Gasteiger partial charge in [-0.3, -0.25) is 0 Å². The summed E-state index contributed by atoms with van der Waals surface area (Å²) < 4.78 is 0. The molecule has 2 fully saturated rings. The molecule has 0 bridgehead atoms. The largest absolute Gasteiger partial charge is 0.309 e. The molecule has 1 aliphatic carbocycles. The van der Waals surface area contributed by atoms with Crippen LogP contribution >= 0.6 is 0 Å². The molecule has 0 spiro atoms. The molecule has 2 heteroatoms. The average molecular weight is 272 g/mol. The van der Waals surface area contributed by atoms with Gasteiger partial charge in [-0.05, 0) is 44.3 Å². The van der Waals surface area contributed by atoms with E-state index in [-0.39, 0.29) is 0 Å². The summed E-state index contributed by atoms with van der Waals surface area (Å²) in [5, 5.41) is 3.87. The lowest BCUT2D eigenvalue weighted by atomic mass is 10.0. The smallest absolute Gasteiger partial charge is 0.0255 e. The molecule has 1 heterocycles. The third-order valence-corrected chi connectivity index (χ3v) is 5.26. The highest BCUT2D eigenvalue weighted by molar-refractivity contribution is 5.33. The first-order valence-corrected chi connectivity index (χ1v) is 8.36. The minimum absolute atomic E-state index is 0.386. The van der Waals surface area contributed by atoms with E-state index < -0.39 is 0 Å². The van der Waals surface area contributed by atoms with Gasteiger partial charge in [0.05, 0.1) is 0 Å². The molecule has 1 aromatic carbocycles. The van der Waals surface area contributed by atoms with E-state index in [4.69, 9.17) is 0 Å². The minimum atomic E-state index is 0.386. The molecule has 0 aromatic heterocycles. The summed E-state index contributed by atoms with van der Waals surface area (Å²) in [7, 11) is 0. The summed E-state index contributed by atoms with van der Waals surface area (Å²) in [6.45, 7) is 7.32. The molecule has 0 radical (unpaired) electrons. The highest BCUT2D eigenvalue weighted by Gasteiger charge is 2.52. The van der Waals surface area contributed by atoms with Gasteiger partial charge in [0.25, 0.3) is 0 Å². The maximum absolute atomic E-state index is 3.87. The fourth-order valence-corrected chi connectivity index (χ4v) is 3.78. The van der Waals surface area contributed by atoms with Crippen LogP contribution < -0.4 is 5.32 Å². The molecule has 1 aliphatic heterocycles. The van der Waals surface area contributed by atoms with E-state index in [0.717, 1.165) is 12.5 Å². The zero-order chi connectivity index (χ0) is 13.8. The van der Waals surface area contributed by atoms with E-state index >= 15 is 0 Å². The lowest BCUT2D eigenvalue weighted by Gasteiger charge is -2.27. The summed E-state index contributed by atoms with van der Waals surface area (Å²) >= 11 is 0. The van der Waals surface area contributed by atoms with Crippen molar-refractivity contribution in [2.45, 2.75) is 50.5 Å². The fraction of sp³-hybridized carbons (Fsp3) is 0.667. The predicted molar refractivity (Wildman–Crippen MR) is 85.1 cm³/mol. The van der Waals surface area contributed by atoms with Gasteiger partial charge in [0.1, 0.15) is 0 Å². The van der Waals surface area contributed by atoms with Crippen molar-refractivity contribution < 1.29 is 0 Å². The average Bonchev–Trinajstić information content (AvgIpc) is 3.24. The maximum atomic E-state index is 3.87. The van der Waals surface area contributed by atoms with Crippen molar-refractivity contribution in [1.29, 1.82) is 0 Å². The molecule has 2 nitrogen and oxygen atoms in total. The third-order valence-electron chi connectivity index (χ3n) is 5.26. The second-order valence-electron chi connectivity index (χ2n) is 6.51. The highest BCUT2D eigenvalue weighted by Crippen LogP contribution is 2.53. The third kappa shape index (κ3) is 3.07. The van der Waals surface area contributed by atoms with E-state index in [1.807, 2.05) is 0 Å². The number of rotatable bonds is 6.